The van der Waals surface area contributed by atoms with Crippen molar-refractivity contribution in [3.05, 3.63) is 0 Å². The van der Waals surface area contributed by atoms with E-state index < -0.39 is 11.4 Å². The first kappa shape index (κ1) is 10.9. The second kappa shape index (κ2) is 6.99. The van der Waals surface area contributed by atoms with E-state index in [4.69, 9.17) is 30.1 Å². The van der Waals surface area contributed by atoms with E-state index in [1.54, 1.807) is 0 Å². The second-order valence-electron chi connectivity index (χ2n) is 0.247. The van der Waals surface area contributed by atoms with Crippen LogP contribution in [0.2, 0.25) is 0 Å². The summed E-state index contributed by atoms with van der Waals surface area (Å²) >= 11 is -1.72. The quantitative estimate of drug-likeness (QED) is 0.594. The van der Waals surface area contributed by atoms with E-state index in [-0.39, 0.29) is 49.4 Å². The Morgan fingerprint density at radius 2 is 1.00 bits per heavy atom. The minimum absolute atomic E-state index is 0. The molecule has 0 aliphatic heterocycles. The van der Waals surface area contributed by atoms with E-state index in [0.717, 1.165) is 0 Å². The maximum absolute atomic E-state index is 4.94. The standard InChI is InChI=1S/Al.3ClH.Eu/h;3*1H;/q+3;;;;/p-3. The van der Waals surface area contributed by atoms with Gasteiger partial charge in [-0.05, 0) is 0 Å². The summed E-state index contributed by atoms with van der Waals surface area (Å²) in [4.78, 5) is 0. The minimum Gasteiger partial charge on any atom is -0.214 e. The van der Waals surface area contributed by atoms with E-state index >= 15 is 0 Å². The molecule has 0 aliphatic rings. The van der Waals surface area contributed by atoms with E-state index in [9.17, 15) is 0 Å². The van der Waals surface area contributed by atoms with Gasteiger partial charge in [-0.1, -0.05) is 0 Å². The Morgan fingerprint density at radius 3 is 1.00 bits per heavy atom. The van der Waals surface area contributed by atoms with Crippen LogP contribution in [-0.2, 0) is 0 Å². The monoisotopic (exact) mass is 285 g/mol. The Hall–Kier alpha value is 2.99. The van der Waals surface area contributed by atoms with Crippen LogP contribution >= 0.6 is 30.1 Å². The molecule has 0 nitrogen and oxygen atoms in total. The number of halogens is 3. The van der Waals surface area contributed by atoms with Crippen molar-refractivity contribution in [3.8, 4) is 0 Å². The van der Waals surface area contributed by atoms with E-state index in [2.05, 4.69) is 0 Å². The smallest absolute Gasteiger partial charge is 0.214 e. The van der Waals surface area contributed by atoms with Gasteiger partial charge in [-0.15, -0.1) is 0 Å². The molecule has 0 fully saturated rings. The van der Waals surface area contributed by atoms with Crippen molar-refractivity contribution < 1.29 is 49.4 Å². The number of hydrogen-bond donors (Lipinski definition) is 0. The van der Waals surface area contributed by atoms with Gasteiger partial charge in [0.15, 0.2) is 0 Å². The van der Waals surface area contributed by atoms with Gasteiger partial charge >= 0.3 is 11.4 Å². The average Bonchev–Trinajstić information content (AvgIpc) is 0.811. The first-order valence-corrected chi connectivity index (χ1v) is 5.89. The fourth-order valence-corrected chi connectivity index (χ4v) is 0. The molecule has 0 aliphatic carbocycles. The van der Waals surface area contributed by atoms with Crippen LogP contribution in [0.15, 0.2) is 0 Å². The molecule has 0 aromatic rings. The van der Waals surface area contributed by atoms with E-state index in [0.29, 0.717) is 0 Å². The maximum atomic E-state index is 4.94. The van der Waals surface area contributed by atoms with Gasteiger partial charge in [0.1, 0.15) is 0 Å². The van der Waals surface area contributed by atoms with Crippen molar-refractivity contribution >= 4 is 41.5 Å². The molecule has 0 spiro atoms. The van der Waals surface area contributed by atoms with Crippen LogP contribution in [0.5, 0.6) is 0 Å². The van der Waals surface area contributed by atoms with Crippen molar-refractivity contribution in [1.82, 2.24) is 0 Å². The summed E-state index contributed by atoms with van der Waals surface area (Å²) in [5.41, 5.74) is 0. The molecular weight excluding hydrogens is 285 g/mol. The first-order chi connectivity index (χ1) is 1.73. The third kappa shape index (κ3) is 19.5. The summed E-state index contributed by atoms with van der Waals surface area (Å²) in [6, 6.07) is 0. The zero-order valence-electron chi connectivity index (χ0n) is 2.09. The van der Waals surface area contributed by atoms with Crippen molar-refractivity contribution in [3.63, 3.8) is 0 Å². The van der Waals surface area contributed by atoms with Gasteiger partial charge < -0.3 is 0 Å². The predicted octanol–water partition coefficient (Wildman–Crippen LogP) is 1.69. The molecule has 0 amide bonds. The molecule has 0 atom stereocenters. The minimum atomic E-state index is -1.72. The molecular formula is AlCl3Eu. The Kier molecular flexibility index (Phi) is 15.2. The SMILES string of the molecule is [Cl][Al]([Cl])[Cl].[Eu]. The molecule has 0 heterocycles. The molecule has 0 unspecified atom stereocenters. The molecule has 0 aromatic heterocycles. The van der Waals surface area contributed by atoms with Crippen molar-refractivity contribution in [2.45, 2.75) is 0 Å². The molecule has 1 radical (unpaired) electrons. The van der Waals surface area contributed by atoms with Crippen molar-refractivity contribution in [2.24, 2.45) is 0 Å². The van der Waals surface area contributed by atoms with Crippen LogP contribution in [-0.4, -0.2) is 11.4 Å². The second-order valence-corrected chi connectivity index (χ2v) is 6.68. The Morgan fingerprint density at radius 1 is 1.00 bits per heavy atom. The van der Waals surface area contributed by atoms with E-state index in [1.807, 2.05) is 0 Å². The molecule has 0 N–H and O–H groups in total. The van der Waals surface area contributed by atoms with Gasteiger partial charge in [-0.2, -0.15) is 0 Å². The van der Waals surface area contributed by atoms with Gasteiger partial charge in [-0.3, -0.25) is 0 Å². The third-order valence-corrected chi connectivity index (χ3v) is 0. The van der Waals surface area contributed by atoms with Crippen molar-refractivity contribution in [2.75, 3.05) is 0 Å². The summed E-state index contributed by atoms with van der Waals surface area (Å²) in [5, 5.41) is 0. The maximum Gasteiger partial charge on any atom is 0.643 e. The largest absolute Gasteiger partial charge is 0.643 e. The van der Waals surface area contributed by atoms with Gasteiger partial charge in [-0.25, -0.2) is 30.1 Å². The Bertz CT molecular complexity index is 11.6. The molecule has 5 heteroatoms. The summed E-state index contributed by atoms with van der Waals surface area (Å²) in [7, 11) is 14.8. The predicted molar refractivity (Wildman–Crippen MR) is 23.3 cm³/mol. The molecule has 0 bridgehead atoms. The van der Waals surface area contributed by atoms with Gasteiger partial charge in [0.2, 0.25) is 0 Å². The van der Waals surface area contributed by atoms with E-state index in [1.165, 1.54) is 0 Å². The van der Waals surface area contributed by atoms with Crippen LogP contribution in [0.25, 0.3) is 0 Å². The van der Waals surface area contributed by atoms with Crippen LogP contribution < -0.4 is 0 Å². The topological polar surface area (TPSA) is 0 Å². The molecule has 0 rings (SSSR count). The zero-order valence-corrected chi connectivity index (χ0v) is 7.94. The molecule has 0 saturated carbocycles. The molecule has 0 saturated heterocycles. The molecule has 31 valence electrons. The molecule has 0 aromatic carbocycles. The fourth-order valence-electron chi connectivity index (χ4n) is 0. The Balaban J connectivity index is 0. The van der Waals surface area contributed by atoms with Crippen LogP contribution in [0.3, 0.4) is 0 Å². The number of rotatable bonds is 0. The van der Waals surface area contributed by atoms with Crippen LogP contribution in [0, 0.1) is 49.4 Å². The summed E-state index contributed by atoms with van der Waals surface area (Å²) in [6.45, 7) is 0. The average molecular weight is 285 g/mol. The number of hydrogen-bond acceptors (Lipinski definition) is 0. The summed E-state index contributed by atoms with van der Waals surface area (Å²) < 4.78 is 0. The first-order valence-electron chi connectivity index (χ1n) is 0.655. The van der Waals surface area contributed by atoms with Crippen LogP contribution in [0.4, 0.5) is 0 Å². The zero-order chi connectivity index (χ0) is 3.58. The van der Waals surface area contributed by atoms with Crippen LogP contribution in [0.1, 0.15) is 0 Å². The fraction of sp³-hybridized carbons (Fsp3) is 0. The normalized spacial score (nSPS) is 5.40. The third-order valence-electron chi connectivity index (χ3n) is 0. The van der Waals surface area contributed by atoms with Gasteiger partial charge in [0.05, 0.1) is 0 Å². The summed E-state index contributed by atoms with van der Waals surface area (Å²) in [5.74, 6) is 0. The Labute approximate surface area is 88.7 Å². The molecule has 5 heavy (non-hydrogen) atoms. The van der Waals surface area contributed by atoms with Gasteiger partial charge in [0, 0.05) is 49.4 Å². The summed E-state index contributed by atoms with van der Waals surface area (Å²) in [6.07, 6.45) is 0. The van der Waals surface area contributed by atoms with Gasteiger partial charge in [0.25, 0.3) is 0 Å². The van der Waals surface area contributed by atoms with Crippen molar-refractivity contribution in [1.29, 1.82) is 0 Å².